The van der Waals surface area contributed by atoms with Crippen LogP contribution in [0.2, 0.25) is 0 Å². The van der Waals surface area contributed by atoms with Crippen LogP contribution < -0.4 is 5.32 Å². The van der Waals surface area contributed by atoms with Gasteiger partial charge in [0, 0.05) is 17.5 Å². The second kappa shape index (κ2) is 8.97. The lowest BCUT2D eigenvalue weighted by Gasteiger charge is -2.30. The molecule has 4 nitrogen and oxygen atoms in total. The highest BCUT2D eigenvalue weighted by atomic mass is 32.1. The molecule has 1 aromatic heterocycles. The molecule has 3 aromatic rings. The van der Waals surface area contributed by atoms with E-state index < -0.39 is 24.1 Å². The monoisotopic (exact) mass is 434 g/mol. The van der Waals surface area contributed by atoms with E-state index in [4.69, 9.17) is 0 Å². The molecule has 2 N–H and O–H groups in total. The van der Waals surface area contributed by atoms with E-state index in [-0.39, 0.29) is 12.1 Å². The van der Waals surface area contributed by atoms with Gasteiger partial charge in [0.25, 0.3) is 0 Å². The number of benzene rings is 2. The lowest BCUT2D eigenvalue weighted by atomic mass is 9.89. The summed E-state index contributed by atoms with van der Waals surface area (Å²) in [7, 11) is 0. The molecule has 0 saturated carbocycles. The van der Waals surface area contributed by atoms with E-state index in [0.717, 1.165) is 34.0 Å². The van der Waals surface area contributed by atoms with Crippen molar-refractivity contribution in [3.05, 3.63) is 76.1 Å². The van der Waals surface area contributed by atoms with Crippen molar-refractivity contribution in [2.75, 3.05) is 6.54 Å². The number of halogens is 3. The molecule has 158 valence electrons. The quantitative estimate of drug-likeness (QED) is 0.571. The zero-order chi connectivity index (χ0) is 21.8. The molecule has 1 unspecified atom stereocenters. The van der Waals surface area contributed by atoms with E-state index in [2.05, 4.69) is 10.3 Å². The summed E-state index contributed by atoms with van der Waals surface area (Å²) < 4.78 is 40.4. The average molecular weight is 434 g/mol. The molecule has 0 aliphatic rings. The standard InChI is InChI=1S/C22H21F3N2O2S/c1-15-27-19(14-30-15)17-9-7-16(8-10-17)11-12-26-20(28)13-21(29,22(23,24)25)18-5-3-2-4-6-18/h2-10,14,29H,11-13H2,1H3,(H,26,28). The summed E-state index contributed by atoms with van der Waals surface area (Å²) >= 11 is 1.57. The minimum absolute atomic E-state index is 0.163. The van der Waals surface area contributed by atoms with Crippen molar-refractivity contribution in [2.45, 2.75) is 31.5 Å². The summed E-state index contributed by atoms with van der Waals surface area (Å²) in [5.74, 6) is -0.867. The van der Waals surface area contributed by atoms with Crippen LogP contribution in [0.1, 0.15) is 22.6 Å². The maximum Gasteiger partial charge on any atom is 0.421 e. The predicted molar refractivity (Wildman–Crippen MR) is 110 cm³/mol. The third-order valence-corrected chi connectivity index (χ3v) is 5.51. The van der Waals surface area contributed by atoms with Gasteiger partial charge in [-0.2, -0.15) is 13.2 Å². The average Bonchev–Trinajstić information content (AvgIpc) is 3.14. The fourth-order valence-corrected chi connectivity index (χ4v) is 3.68. The smallest absolute Gasteiger partial charge is 0.376 e. The summed E-state index contributed by atoms with van der Waals surface area (Å²) in [5.41, 5.74) is -0.790. The fourth-order valence-electron chi connectivity index (χ4n) is 3.06. The minimum atomic E-state index is -4.98. The third-order valence-electron chi connectivity index (χ3n) is 4.74. The summed E-state index contributed by atoms with van der Waals surface area (Å²) in [6.45, 7) is 2.10. The van der Waals surface area contributed by atoms with E-state index in [0.29, 0.717) is 6.42 Å². The highest BCUT2D eigenvalue weighted by molar-refractivity contribution is 7.09. The molecule has 1 heterocycles. The number of amides is 1. The molecule has 0 fully saturated rings. The first-order valence-electron chi connectivity index (χ1n) is 9.32. The number of aryl methyl sites for hydroxylation is 1. The number of alkyl halides is 3. The Bertz CT molecular complexity index is 988. The van der Waals surface area contributed by atoms with E-state index in [1.165, 1.54) is 12.1 Å². The number of hydrogen-bond acceptors (Lipinski definition) is 4. The van der Waals surface area contributed by atoms with Crippen molar-refractivity contribution in [2.24, 2.45) is 0 Å². The van der Waals surface area contributed by atoms with Gasteiger partial charge in [-0.1, -0.05) is 54.6 Å². The molecule has 0 aliphatic heterocycles. The van der Waals surface area contributed by atoms with Crippen LogP contribution in [-0.2, 0) is 16.8 Å². The van der Waals surface area contributed by atoms with Gasteiger partial charge in [0.05, 0.1) is 17.1 Å². The molecule has 1 atom stereocenters. The first kappa shape index (κ1) is 22.0. The number of hydrogen-bond donors (Lipinski definition) is 2. The molecule has 2 aromatic carbocycles. The predicted octanol–water partition coefficient (Wildman–Crippen LogP) is 4.62. The number of nitrogens with zero attached hydrogens (tertiary/aromatic N) is 1. The Kier molecular flexibility index (Phi) is 6.58. The van der Waals surface area contributed by atoms with Gasteiger partial charge >= 0.3 is 6.18 Å². The summed E-state index contributed by atoms with van der Waals surface area (Å²) in [6, 6.07) is 14.3. The lowest BCUT2D eigenvalue weighted by Crippen LogP contribution is -2.46. The van der Waals surface area contributed by atoms with Crippen molar-refractivity contribution in [1.82, 2.24) is 10.3 Å². The molecule has 8 heteroatoms. The van der Waals surface area contributed by atoms with Gasteiger partial charge in [0.1, 0.15) is 0 Å². The van der Waals surface area contributed by atoms with E-state index in [9.17, 15) is 23.1 Å². The number of nitrogens with one attached hydrogen (secondary N) is 1. The van der Waals surface area contributed by atoms with Crippen molar-refractivity contribution >= 4 is 17.2 Å². The van der Waals surface area contributed by atoms with Crippen LogP contribution in [0.4, 0.5) is 13.2 Å². The first-order chi connectivity index (χ1) is 14.2. The fraction of sp³-hybridized carbons (Fsp3) is 0.273. The van der Waals surface area contributed by atoms with E-state index in [1.54, 1.807) is 17.4 Å². The van der Waals surface area contributed by atoms with Crippen molar-refractivity contribution in [3.63, 3.8) is 0 Å². The van der Waals surface area contributed by atoms with Crippen molar-refractivity contribution in [3.8, 4) is 11.3 Å². The minimum Gasteiger partial charge on any atom is -0.376 e. The summed E-state index contributed by atoms with van der Waals surface area (Å²) in [5, 5.41) is 15.7. The van der Waals surface area contributed by atoms with Crippen LogP contribution in [0.15, 0.2) is 60.0 Å². The molecule has 0 aliphatic carbocycles. The largest absolute Gasteiger partial charge is 0.421 e. The number of carbonyl (C=O) groups excluding carboxylic acids is 1. The topological polar surface area (TPSA) is 62.2 Å². The summed E-state index contributed by atoms with van der Waals surface area (Å²) in [4.78, 5) is 16.6. The molecule has 0 spiro atoms. The maximum atomic E-state index is 13.5. The van der Waals surface area contributed by atoms with Gasteiger partial charge in [-0.25, -0.2) is 4.98 Å². The van der Waals surface area contributed by atoms with Gasteiger partial charge in [-0.05, 0) is 24.5 Å². The Morgan fingerprint density at radius 2 is 1.77 bits per heavy atom. The highest BCUT2D eigenvalue weighted by Gasteiger charge is 2.55. The molecule has 30 heavy (non-hydrogen) atoms. The number of carbonyl (C=O) groups is 1. The Balaban J connectivity index is 1.57. The summed E-state index contributed by atoms with van der Waals surface area (Å²) in [6.07, 6.45) is -5.61. The van der Waals surface area contributed by atoms with Gasteiger partial charge < -0.3 is 10.4 Å². The van der Waals surface area contributed by atoms with E-state index >= 15 is 0 Å². The first-order valence-corrected chi connectivity index (χ1v) is 10.2. The molecular weight excluding hydrogens is 413 g/mol. The van der Waals surface area contributed by atoms with Crippen molar-refractivity contribution in [1.29, 1.82) is 0 Å². The zero-order valence-corrected chi connectivity index (χ0v) is 17.1. The number of aliphatic hydroxyl groups is 1. The Morgan fingerprint density at radius 1 is 1.10 bits per heavy atom. The van der Waals surface area contributed by atoms with Crippen LogP contribution in [0.3, 0.4) is 0 Å². The normalized spacial score (nSPS) is 13.6. The van der Waals surface area contributed by atoms with Gasteiger partial charge in [0.2, 0.25) is 5.91 Å². The Labute approximate surface area is 176 Å². The Morgan fingerprint density at radius 3 is 2.33 bits per heavy atom. The second-order valence-electron chi connectivity index (χ2n) is 6.95. The van der Waals surface area contributed by atoms with Gasteiger partial charge in [0.15, 0.2) is 5.60 Å². The van der Waals surface area contributed by atoms with E-state index in [1.807, 2.05) is 36.6 Å². The van der Waals surface area contributed by atoms with Crippen LogP contribution in [-0.4, -0.2) is 28.7 Å². The molecule has 1 amide bonds. The van der Waals surface area contributed by atoms with Crippen LogP contribution in [0, 0.1) is 6.92 Å². The van der Waals surface area contributed by atoms with Crippen LogP contribution in [0.25, 0.3) is 11.3 Å². The lowest BCUT2D eigenvalue weighted by molar-refractivity contribution is -0.267. The van der Waals surface area contributed by atoms with Crippen molar-refractivity contribution < 1.29 is 23.1 Å². The van der Waals surface area contributed by atoms with Gasteiger partial charge in [-0.3, -0.25) is 4.79 Å². The molecule has 0 saturated heterocycles. The third kappa shape index (κ3) is 5.06. The molecule has 0 bridgehead atoms. The number of rotatable bonds is 7. The Hall–Kier alpha value is -2.71. The molecule has 3 rings (SSSR count). The van der Waals surface area contributed by atoms with Gasteiger partial charge in [-0.15, -0.1) is 11.3 Å². The second-order valence-corrected chi connectivity index (χ2v) is 8.01. The zero-order valence-electron chi connectivity index (χ0n) is 16.2. The molecule has 0 radical (unpaired) electrons. The SMILES string of the molecule is Cc1nc(-c2ccc(CCNC(=O)CC(O)(c3ccccc3)C(F)(F)F)cc2)cs1. The molecular formula is C22H21F3N2O2S. The number of aromatic nitrogens is 1. The highest BCUT2D eigenvalue weighted by Crippen LogP contribution is 2.41. The van der Waals surface area contributed by atoms with Crippen LogP contribution >= 0.6 is 11.3 Å². The number of thiazole rings is 1. The van der Waals surface area contributed by atoms with Crippen LogP contribution in [0.5, 0.6) is 0 Å². The maximum absolute atomic E-state index is 13.5.